The largest absolute Gasteiger partial charge is 0.326 e. The van der Waals surface area contributed by atoms with Gasteiger partial charge in [0.1, 0.15) is 5.82 Å². The molecule has 0 radical (unpaired) electrons. The fraction of sp³-hybridized carbons (Fsp3) is 0.130. The van der Waals surface area contributed by atoms with Crippen molar-refractivity contribution in [3.63, 3.8) is 0 Å². The summed E-state index contributed by atoms with van der Waals surface area (Å²) in [7, 11) is 0. The van der Waals surface area contributed by atoms with Gasteiger partial charge in [0.2, 0.25) is 0 Å². The second kappa shape index (κ2) is 6.07. The number of aromatic nitrogens is 2. The zero-order valence-corrected chi connectivity index (χ0v) is 14.5. The number of halogens is 1. The number of imidazole rings is 1. The number of hydrogen-bond acceptors (Lipinski definition) is 2. The Balaban J connectivity index is 1.58. The highest BCUT2D eigenvalue weighted by molar-refractivity contribution is 5.83. The molecule has 0 aliphatic carbocycles. The van der Waals surface area contributed by atoms with Gasteiger partial charge >= 0.3 is 0 Å². The van der Waals surface area contributed by atoms with Gasteiger partial charge in [0, 0.05) is 23.4 Å². The van der Waals surface area contributed by atoms with Crippen molar-refractivity contribution >= 4 is 10.8 Å². The third-order valence-electron chi connectivity index (χ3n) is 5.51. The van der Waals surface area contributed by atoms with Crippen LogP contribution in [-0.4, -0.2) is 9.55 Å². The molecule has 0 saturated heterocycles. The van der Waals surface area contributed by atoms with Crippen LogP contribution in [-0.2, 0) is 0 Å². The second-order valence-electron chi connectivity index (χ2n) is 6.98. The van der Waals surface area contributed by atoms with Crippen LogP contribution in [0.1, 0.15) is 40.8 Å². The van der Waals surface area contributed by atoms with E-state index in [1.165, 1.54) is 22.4 Å². The second-order valence-corrected chi connectivity index (χ2v) is 6.98. The molecule has 4 aromatic rings. The summed E-state index contributed by atoms with van der Waals surface area (Å²) in [4.78, 5) is 4.31. The number of rotatable bonds is 2. The maximum Gasteiger partial charge on any atom is 0.129 e. The van der Waals surface area contributed by atoms with Crippen LogP contribution in [0.25, 0.3) is 10.8 Å². The quantitative estimate of drug-likeness (QED) is 0.499. The molecular weight excluding hydrogens is 337 g/mol. The normalized spacial score (nSPS) is 18.4. The highest BCUT2D eigenvalue weighted by Gasteiger charge is 2.34. The molecule has 1 aromatic heterocycles. The van der Waals surface area contributed by atoms with E-state index in [0.29, 0.717) is 11.1 Å². The first-order valence-corrected chi connectivity index (χ1v) is 8.94. The maximum atomic E-state index is 14.6. The fourth-order valence-corrected chi connectivity index (χ4v) is 4.18. The van der Waals surface area contributed by atoms with Crippen molar-refractivity contribution in [3.8, 4) is 6.07 Å². The fourth-order valence-electron chi connectivity index (χ4n) is 4.18. The van der Waals surface area contributed by atoms with E-state index in [1.54, 1.807) is 18.5 Å². The van der Waals surface area contributed by atoms with E-state index >= 15 is 0 Å². The highest BCUT2D eigenvalue weighted by atomic mass is 19.1. The van der Waals surface area contributed by atoms with Crippen molar-refractivity contribution < 1.29 is 4.39 Å². The first-order valence-electron chi connectivity index (χ1n) is 8.94. The Bertz CT molecular complexity index is 1200. The Labute approximate surface area is 156 Å². The molecule has 2 heterocycles. The van der Waals surface area contributed by atoms with Gasteiger partial charge in [-0.1, -0.05) is 48.5 Å². The van der Waals surface area contributed by atoms with Gasteiger partial charge in [0.15, 0.2) is 0 Å². The van der Waals surface area contributed by atoms with Crippen LogP contribution in [0.4, 0.5) is 4.39 Å². The molecule has 1 aliphatic rings. The zero-order valence-electron chi connectivity index (χ0n) is 14.5. The van der Waals surface area contributed by atoms with Gasteiger partial charge in [-0.25, -0.2) is 9.37 Å². The first kappa shape index (κ1) is 15.8. The van der Waals surface area contributed by atoms with Crippen molar-refractivity contribution in [1.29, 1.82) is 5.26 Å². The molecule has 27 heavy (non-hydrogen) atoms. The third kappa shape index (κ3) is 2.51. The van der Waals surface area contributed by atoms with Gasteiger partial charge in [0.05, 0.1) is 24.0 Å². The average molecular weight is 353 g/mol. The van der Waals surface area contributed by atoms with Crippen LogP contribution in [0.5, 0.6) is 0 Å². The van der Waals surface area contributed by atoms with Gasteiger partial charge in [-0.05, 0) is 34.9 Å². The molecule has 0 fully saturated rings. The van der Waals surface area contributed by atoms with E-state index in [9.17, 15) is 4.39 Å². The van der Waals surface area contributed by atoms with Crippen molar-refractivity contribution in [2.24, 2.45) is 0 Å². The minimum Gasteiger partial charge on any atom is -0.326 e. The van der Waals surface area contributed by atoms with Crippen molar-refractivity contribution in [2.45, 2.75) is 18.4 Å². The van der Waals surface area contributed by atoms with E-state index < -0.39 is 0 Å². The average Bonchev–Trinajstić information content (AvgIpc) is 3.30. The molecule has 0 bridgehead atoms. The van der Waals surface area contributed by atoms with Crippen LogP contribution in [0.2, 0.25) is 0 Å². The number of nitriles is 1. The molecule has 0 amide bonds. The molecule has 5 rings (SSSR count). The summed E-state index contributed by atoms with van der Waals surface area (Å²) in [6.07, 6.45) is 4.43. The molecule has 130 valence electrons. The lowest BCUT2D eigenvalue weighted by Gasteiger charge is -2.15. The standard InChI is InChI=1S/C23H16FN3/c24-21-9-15(12-25)5-8-19(21)22-11-20(23-13-26-14-27(22)23)18-7-6-16-3-1-2-4-17(16)10-18/h1-10,13-14,20,22H,11H2. The van der Waals surface area contributed by atoms with Gasteiger partial charge < -0.3 is 4.57 Å². The molecule has 1 aliphatic heterocycles. The van der Waals surface area contributed by atoms with Crippen LogP contribution < -0.4 is 0 Å². The molecule has 3 aromatic carbocycles. The Hall–Kier alpha value is -3.45. The summed E-state index contributed by atoms with van der Waals surface area (Å²) in [5.74, 6) is -0.171. The number of nitrogens with zero attached hydrogens (tertiary/aromatic N) is 3. The third-order valence-corrected chi connectivity index (χ3v) is 5.51. The lowest BCUT2D eigenvalue weighted by molar-refractivity contribution is 0.538. The predicted molar refractivity (Wildman–Crippen MR) is 102 cm³/mol. The SMILES string of the molecule is N#Cc1ccc(C2CC(c3ccc4ccccc4c3)c3cncn32)c(F)c1. The predicted octanol–water partition coefficient (Wildman–Crippen LogP) is 5.17. The number of fused-ring (bicyclic) bond motifs is 2. The van der Waals surface area contributed by atoms with Gasteiger partial charge in [0.25, 0.3) is 0 Å². The summed E-state index contributed by atoms with van der Waals surface area (Å²) >= 11 is 0. The van der Waals surface area contributed by atoms with Crippen LogP contribution in [0, 0.1) is 17.1 Å². The smallest absolute Gasteiger partial charge is 0.129 e. The highest BCUT2D eigenvalue weighted by Crippen LogP contribution is 2.44. The van der Waals surface area contributed by atoms with Gasteiger partial charge in [-0.15, -0.1) is 0 Å². The summed E-state index contributed by atoms with van der Waals surface area (Å²) in [5, 5.41) is 11.4. The molecule has 4 heteroatoms. The number of hydrogen-bond donors (Lipinski definition) is 0. The van der Waals surface area contributed by atoms with Crippen LogP contribution >= 0.6 is 0 Å². The molecule has 0 saturated carbocycles. The minimum absolute atomic E-state index is 0.119. The Kier molecular flexibility index (Phi) is 3.54. The Morgan fingerprint density at radius 2 is 1.89 bits per heavy atom. The topological polar surface area (TPSA) is 41.6 Å². The van der Waals surface area contributed by atoms with E-state index in [1.807, 2.05) is 24.4 Å². The van der Waals surface area contributed by atoms with Crippen molar-refractivity contribution in [2.75, 3.05) is 0 Å². The number of benzene rings is 3. The Morgan fingerprint density at radius 1 is 1.04 bits per heavy atom. The van der Waals surface area contributed by atoms with E-state index in [-0.39, 0.29) is 17.8 Å². The van der Waals surface area contributed by atoms with E-state index in [4.69, 9.17) is 5.26 Å². The van der Waals surface area contributed by atoms with Crippen molar-refractivity contribution in [3.05, 3.63) is 101 Å². The molecule has 3 nitrogen and oxygen atoms in total. The molecule has 0 N–H and O–H groups in total. The summed E-state index contributed by atoms with van der Waals surface area (Å²) in [6.45, 7) is 0. The lowest BCUT2D eigenvalue weighted by Crippen LogP contribution is -2.07. The summed E-state index contributed by atoms with van der Waals surface area (Å²) in [6, 6.07) is 21.4. The van der Waals surface area contributed by atoms with Crippen LogP contribution in [0.15, 0.2) is 73.2 Å². The zero-order chi connectivity index (χ0) is 18.4. The van der Waals surface area contributed by atoms with Gasteiger partial charge in [-0.2, -0.15) is 5.26 Å². The lowest BCUT2D eigenvalue weighted by atomic mass is 9.90. The summed E-state index contributed by atoms with van der Waals surface area (Å²) in [5.41, 5.74) is 3.26. The van der Waals surface area contributed by atoms with E-state index in [0.717, 1.165) is 12.1 Å². The summed E-state index contributed by atoms with van der Waals surface area (Å²) < 4.78 is 16.7. The minimum atomic E-state index is -0.335. The van der Waals surface area contributed by atoms with Crippen molar-refractivity contribution in [1.82, 2.24) is 9.55 Å². The van der Waals surface area contributed by atoms with Gasteiger partial charge in [-0.3, -0.25) is 0 Å². The maximum absolute atomic E-state index is 14.6. The monoisotopic (exact) mass is 353 g/mol. The van der Waals surface area contributed by atoms with E-state index in [2.05, 4.69) is 39.9 Å². The molecule has 0 spiro atoms. The molecule has 2 atom stereocenters. The Morgan fingerprint density at radius 3 is 2.70 bits per heavy atom. The molecule has 2 unspecified atom stereocenters. The molecular formula is C23H16FN3. The van der Waals surface area contributed by atoms with Crippen LogP contribution in [0.3, 0.4) is 0 Å². The first-order chi connectivity index (χ1) is 13.2.